The number of hydrogen-bond acceptors (Lipinski definition) is 4. The van der Waals surface area contributed by atoms with Crippen molar-refractivity contribution in [1.82, 2.24) is 10.6 Å². The van der Waals surface area contributed by atoms with E-state index in [0.717, 1.165) is 38.1 Å². The molecule has 1 aliphatic heterocycles. The van der Waals surface area contributed by atoms with Crippen LogP contribution < -0.4 is 15.4 Å². The molecular formula is C17H27ClN2O3. The van der Waals surface area contributed by atoms with E-state index in [1.165, 1.54) is 5.56 Å². The Hall–Kier alpha value is -1.30. The first-order valence-corrected chi connectivity index (χ1v) is 7.90. The van der Waals surface area contributed by atoms with Crippen molar-refractivity contribution in [2.75, 3.05) is 33.4 Å². The van der Waals surface area contributed by atoms with Gasteiger partial charge in [0.25, 0.3) is 5.91 Å². The average Bonchev–Trinajstić information content (AvgIpc) is 2.56. The van der Waals surface area contributed by atoms with Crippen LogP contribution in [0.2, 0.25) is 0 Å². The van der Waals surface area contributed by atoms with Crippen LogP contribution in [0.4, 0.5) is 0 Å². The fourth-order valence-electron chi connectivity index (χ4n) is 2.61. The average molecular weight is 343 g/mol. The van der Waals surface area contributed by atoms with Crippen LogP contribution in [0.1, 0.15) is 24.8 Å². The summed E-state index contributed by atoms with van der Waals surface area (Å²) in [5.41, 5.74) is 0.551. The minimum absolute atomic E-state index is 0. The summed E-state index contributed by atoms with van der Waals surface area (Å²) >= 11 is 0. The topological polar surface area (TPSA) is 59.6 Å². The van der Waals surface area contributed by atoms with Crippen LogP contribution in [0.15, 0.2) is 24.3 Å². The standard InChI is InChI=1S/C17H26N2O3.ClH/c1-14-4-6-15(7-5-14)22-13-3-10-19-16(20)17(21-2)8-11-18-12-9-17;/h4-7,18H,3,8-13H2,1-2H3,(H,19,20);1H. The number of nitrogens with one attached hydrogen (secondary N) is 2. The molecule has 1 fully saturated rings. The molecule has 0 unspecified atom stereocenters. The van der Waals surface area contributed by atoms with E-state index in [4.69, 9.17) is 9.47 Å². The largest absolute Gasteiger partial charge is 0.494 e. The van der Waals surface area contributed by atoms with Gasteiger partial charge in [-0.3, -0.25) is 4.79 Å². The van der Waals surface area contributed by atoms with E-state index in [1.807, 2.05) is 31.2 Å². The molecule has 2 rings (SSSR count). The van der Waals surface area contributed by atoms with Crippen molar-refractivity contribution in [1.29, 1.82) is 0 Å². The number of halogens is 1. The summed E-state index contributed by atoms with van der Waals surface area (Å²) in [5.74, 6) is 0.857. The van der Waals surface area contributed by atoms with Gasteiger partial charge in [0.1, 0.15) is 11.4 Å². The number of piperidine rings is 1. The van der Waals surface area contributed by atoms with E-state index < -0.39 is 5.60 Å². The van der Waals surface area contributed by atoms with Crippen LogP contribution in [-0.2, 0) is 9.53 Å². The quantitative estimate of drug-likeness (QED) is 0.745. The van der Waals surface area contributed by atoms with Crippen LogP contribution in [0.3, 0.4) is 0 Å². The first kappa shape index (κ1) is 19.7. The summed E-state index contributed by atoms with van der Waals surface area (Å²) in [6, 6.07) is 7.97. The minimum atomic E-state index is -0.664. The first-order chi connectivity index (χ1) is 10.7. The van der Waals surface area contributed by atoms with Gasteiger partial charge >= 0.3 is 0 Å². The molecule has 0 saturated carbocycles. The second-order valence-electron chi connectivity index (χ2n) is 5.72. The van der Waals surface area contributed by atoms with Crippen LogP contribution in [0.25, 0.3) is 0 Å². The molecule has 1 aromatic rings. The number of aryl methyl sites for hydroxylation is 1. The van der Waals surface area contributed by atoms with Gasteiger partial charge in [-0.1, -0.05) is 17.7 Å². The summed E-state index contributed by atoms with van der Waals surface area (Å²) in [4.78, 5) is 12.3. The third-order valence-corrected chi connectivity index (χ3v) is 4.11. The monoisotopic (exact) mass is 342 g/mol. The van der Waals surface area contributed by atoms with E-state index in [2.05, 4.69) is 10.6 Å². The number of amides is 1. The third kappa shape index (κ3) is 5.68. The van der Waals surface area contributed by atoms with E-state index in [-0.39, 0.29) is 18.3 Å². The van der Waals surface area contributed by atoms with Crippen molar-refractivity contribution in [3.8, 4) is 5.75 Å². The Kier molecular flexibility index (Phi) is 8.37. The molecule has 1 saturated heterocycles. The van der Waals surface area contributed by atoms with Crippen molar-refractivity contribution < 1.29 is 14.3 Å². The Bertz CT molecular complexity index is 473. The molecule has 1 amide bonds. The lowest BCUT2D eigenvalue weighted by Crippen LogP contribution is -2.54. The van der Waals surface area contributed by atoms with Crippen molar-refractivity contribution in [3.05, 3.63) is 29.8 Å². The maximum Gasteiger partial charge on any atom is 0.252 e. The molecule has 1 aliphatic rings. The van der Waals surface area contributed by atoms with Gasteiger partial charge in [-0.25, -0.2) is 0 Å². The lowest BCUT2D eigenvalue weighted by Gasteiger charge is -2.34. The molecule has 2 N–H and O–H groups in total. The molecule has 0 radical (unpaired) electrons. The van der Waals surface area contributed by atoms with Gasteiger partial charge in [-0.15, -0.1) is 12.4 Å². The molecule has 1 heterocycles. The van der Waals surface area contributed by atoms with Gasteiger partial charge in [0.2, 0.25) is 0 Å². The molecule has 0 bridgehead atoms. The molecule has 130 valence electrons. The van der Waals surface area contributed by atoms with E-state index in [0.29, 0.717) is 13.2 Å². The zero-order chi connectivity index (χ0) is 15.8. The summed E-state index contributed by atoms with van der Waals surface area (Å²) in [7, 11) is 1.62. The highest BCUT2D eigenvalue weighted by molar-refractivity contribution is 5.85. The number of hydrogen-bond donors (Lipinski definition) is 2. The molecule has 0 atom stereocenters. The molecule has 6 heteroatoms. The molecular weight excluding hydrogens is 316 g/mol. The van der Waals surface area contributed by atoms with E-state index >= 15 is 0 Å². The smallest absolute Gasteiger partial charge is 0.252 e. The predicted octanol–water partition coefficient (Wildman–Crippen LogP) is 2.07. The highest BCUT2D eigenvalue weighted by atomic mass is 35.5. The zero-order valence-corrected chi connectivity index (χ0v) is 14.7. The Morgan fingerprint density at radius 1 is 1.26 bits per heavy atom. The first-order valence-electron chi connectivity index (χ1n) is 7.90. The number of carbonyl (C=O) groups excluding carboxylic acids is 1. The molecule has 0 aliphatic carbocycles. The highest BCUT2D eigenvalue weighted by Gasteiger charge is 2.39. The Balaban J connectivity index is 0.00000264. The summed E-state index contributed by atoms with van der Waals surface area (Å²) in [6.45, 7) is 4.87. The minimum Gasteiger partial charge on any atom is -0.494 e. The third-order valence-electron chi connectivity index (χ3n) is 4.11. The van der Waals surface area contributed by atoms with Gasteiger partial charge in [0, 0.05) is 13.7 Å². The number of ether oxygens (including phenoxy) is 2. The number of carbonyl (C=O) groups is 1. The Morgan fingerprint density at radius 2 is 1.91 bits per heavy atom. The Labute approximate surface area is 144 Å². The summed E-state index contributed by atoms with van der Waals surface area (Å²) in [6.07, 6.45) is 2.21. The zero-order valence-electron chi connectivity index (χ0n) is 13.9. The van der Waals surface area contributed by atoms with Crippen LogP contribution in [0.5, 0.6) is 5.75 Å². The van der Waals surface area contributed by atoms with E-state index in [1.54, 1.807) is 7.11 Å². The van der Waals surface area contributed by atoms with Gasteiger partial charge in [-0.05, 0) is 51.4 Å². The number of rotatable bonds is 7. The summed E-state index contributed by atoms with van der Waals surface area (Å²) < 4.78 is 11.1. The fraction of sp³-hybridized carbons (Fsp3) is 0.588. The summed E-state index contributed by atoms with van der Waals surface area (Å²) in [5, 5.41) is 6.21. The van der Waals surface area contributed by atoms with Gasteiger partial charge in [0.15, 0.2) is 0 Å². The molecule has 1 aromatic carbocycles. The van der Waals surface area contributed by atoms with Crippen molar-refractivity contribution in [2.24, 2.45) is 0 Å². The van der Waals surface area contributed by atoms with Crippen LogP contribution in [-0.4, -0.2) is 44.9 Å². The highest BCUT2D eigenvalue weighted by Crippen LogP contribution is 2.22. The second kappa shape index (κ2) is 9.75. The van der Waals surface area contributed by atoms with Gasteiger partial charge < -0.3 is 20.1 Å². The molecule has 5 nitrogen and oxygen atoms in total. The molecule has 23 heavy (non-hydrogen) atoms. The van der Waals surface area contributed by atoms with Crippen molar-refractivity contribution >= 4 is 18.3 Å². The van der Waals surface area contributed by atoms with Crippen LogP contribution in [0, 0.1) is 6.92 Å². The molecule has 0 spiro atoms. The number of benzene rings is 1. The lowest BCUT2D eigenvalue weighted by molar-refractivity contribution is -0.146. The fourth-order valence-corrected chi connectivity index (χ4v) is 2.61. The van der Waals surface area contributed by atoms with Crippen LogP contribution >= 0.6 is 12.4 Å². The van der Waals surface area contributed by atoms with E-state index in [9.17, 15) is 4.79 Å². The van der Waals surface area contributed by atoms with Gasteiger partial charge in [0.05, 0.1) is 6.61 Å². The lowest BCUT2D eigenvalue weighted by atomic mass is 9.91. The maximum absolute atomic E-state index is 12.3. The molecule has 0 aromatic heterocycles. The number of methoxy groups -OCH3 is 1. The SMILES string of the molecule is COC1(C(=O)NCCCOc2ccc(C)cc2)CCNCC1.Cl. The van der Waals surface area contributed by atoms with Crippen molar-refractivity contribution in [2.45, 2.75) is 31.8 Å². The maximum atomic E-state index is 12.3. The van der Waals surface area contributed by atoms with Gasteiger partial charge in [-0.2, -0.15) is 0 Å². The second-order valence-corrected chi connectivity index (χ2v) is 5.72. The predicted molar refractivity (Wildman–Crippen MR) is 93.4 cm³/mol. The van der Waals surface area contributed by atoms with Crippen molar-refractivity contribution in [3.63, 3.8) is 0 Å². The normalized spacial score (nSPS) is 16.3. The Morgan fingerprint density at radius 3 is 2.52 bits per heavy atom.